The average Bonchev–Trinajstić information content (AvgIpc) is 2.47. The van der Waals surface area contributed by atoms with Crippen molar-refractivity contribution >= 4 is 17.4 Å². The molecule has 2 aliphatic heterocycles. The number of nitrogens with zero attached hydrogens (tertiary/aromatic N) is 2. The van der Waals surface area contributed by atoms with E-state index < -0.39 is 0 Å². The number of benzene rings is 1. The zero-order valence-electron chi connectivity index (χ0n) is 8.79. The Morgan fingerprint density at radius 1 is 1.29 bits per heavy atom. The zero-order chi connectivity index (χ0) is 11.8. The Labute approximate surface area is 97.3 Å². The monoisotopic (exact) mass is 227 g/mol. The van der Waals surface area contributed by atoms with Gasteiger partial charge in [0.25, 0.3) is 5.91 Å². The second-order valence-corrected chi connectivity index (χ2v) is 3.67. The fourth-order valence-electron chi connectivity index (χ4n) is 1.77. The van der Waals surface area contributed by atoms with Crippen molar-refractivity contribution in [1.29, 1.82) is 0 Å². The van der Waals surface area contributed by atoms with Crippen LogP contribution in [0.2, 0.25) is 0 Å². The molecule has 0 unspecified atom stereocenters. The third-order valence-corrected chi connectivity index (χ3v) is 2.57. The lowest BCUT2D eigenvalue weighted by molar-refractivity contribution is 0.0370. The summed E-state index contributed by atoms with van der Waals surface area (Å²) in [5.41, 5.74) is 1.51. The Morgan fingerprint density at radius 2 is 2.12 bits per heavy atom. The van der Waals surface area contributed by atoms with Crippen LogP contribution in [-0.4, -0.2) is 22.0 Å². The number of nitrogens with one attached hydrogen (secondary N) is 1. The summed E-state index contributed by atoms with van der Waals surface area (Å²) in [7, 11) is 0. The summed E-state index contributed by atoms with van der Waals surface area (Å²) in [4.78, 5) is 16.2. The molecule has 0 saturated carbocycles. The number of fused-ring (bicyclic) bond motifs is 2. The summed E-state index contributed by atoms with van der Waals surface area (Å²) in [5.74, 6) is 0.0834. The summed E-state index contributed by atoms with van der Waals surface area (Å²) in [6, 6.07) is 7.00. The zero-order valence-corrected chi connectivity index (χ0v) is 8.79. The highest BCUT2D eigenvalue weighted by Gasteiger charge is 2.23. The summed E-state index contributed by atoms with van der Waals surface area (Å²) in [6.07, 6.45) is 4.78. The fourth-order valence-corrected chi connectivity index (χ4v) is 1.77. The summed E-state index contributed by atoms with van der Waals surface area (Å²) < 4.78 is 0. The van der Waals surface area contributed by atoms with Crippen molar-refractivity contribution in [3.63, 3.8) is 0 Å². The van der Waals surface area contributed by atoms with E-state index in [-0.39, 0.29) is 5.91 Å². The van der Waals surface area contributed by atoms with Crippen LogP contribution in [0.25, 0.3) is 0 Å². The average molecular weight is 227 g/mol. The molecule has 2 heterocycles. The highest BCUT2D eigenvalue weighted by Crippen LogP contribution is 2.24. The van der Waals surface area contributed by atoms with E-state index in [2.05, 4.69) is 10.3 Å². The number of amidine groups is 1. The molecule has 5 nitrogen and oxygen atoms in total. The number of rotatable bonds is 0. The molecule has 0 radical (unpaired) electrons. The molecule has 1 aromatic carbocycles. The normalized spacial score (nSPS) is 17.5. The second-order valence-electron chi connectivity index (χ2n) is 3.67. The molecule has 17 heavy (non-hydrogen) atoms. The molecule has 0 fully saturated rings. The third-order valence-electron chi connectivity index (χ3n) is 2.57. The third kappa shape index (κ3) is 1.53. The van der Waals surface area contributed by atoms with E-state index in [1.54, 1.807) is 36.4 Å². The van der Waals surface area contributed by atoms with Crippen molar-refractivity contribution in [3.8, 4) is 0 Å². The predicted molar refractivity (Wildman–Crippen MR) is 61.9 cm³/mol. The molecule has 2 aliphatic rings. The molecule has 0 spiro atoms. The Kier molecular flexibility index (Phi) is 2.06. The molecule has 0 saturated heterocycles. The van der Waals surface area contributed by atoms with Gasteiger partial charge in [-0.2, -0.15) is 0 Å². The largest absolute Gasteiger partial charge is 0.319 e. The van der Waals surface area contributed by atoms with Crippen LogP contribution < -0.4 is 5.32 Å². The van der Waals surface area contributed by atoms with Crippen molar-refractivity contribution < 1.29 is 10.0 Å². The van der Waals surface area contributed by atoms with Gasteiger partial charge in [-0.3, -0.25) is 10.0 Å². The molecule has 0 aromatic heterocycles. The molecule has 3 rings (SSSR count). The first-order valence-electron chi connectivity index (χ1n) is 5.12. The van der Waals surface area contributed by atoms with Gasteiger partial charge in [-0.25, -0.2) is 10.1 Å². The smallest absolute Gasteiger partial charge is 0.257 e. The Balaban J connectivity index is 2.20. The van der Waals surface area contributed by atoms with Gasteiger partial charge in [-0.1, -0.05) is 12.1 Å². The van der Waals surface area contributed by atoms with E-state index in [4.69, 9.17) is 0 Å². The first kappa shape index (κ1) is 9.80. The first-order valence-corrected chi connectivity index (χ1v) is 5.12. The van der Waals surface area contributed by atoms with Gasteiger partial charge in [0, 0.05) is 6.20 Å². The van der Waals surface area contributed by atoms with Crippen molar-refractivity contribution in [2.75, 3.05) is 0 Å². The van der Waals surface area contributed by atoms with E-state index in [0.29, 0.717) is 22.8 Å². The van der Waals surface area contributed by atoms with E-state index in [1.807, 2.05) is 0 Å². The van der Waals surface area contributed by atoms with Crippen LogP contribution in [0, 0.1) is 0 Å². The molecule has 0 bridgehead atoms. The number of carbonyl (C=O) groups excluding carboxylic acids is 1. The molecule has 5 heteroatoms. The molecular weight excluding hydrogens is 218 g/mol. The van der Waals surface area contributed by atoms with Crippen molar-refractivity contribution in [2.24, 2.45) is 4.99 Å². The van der Waals surface area contributed by atoms with E-state index in [1.165, 1.54) is 6.20 Å². The Morgan fingerprint density at radius 3 is 3.00 bits per heavy atom. The number of amides is 1. The molecule has 1 aromatic rings. The van der Waals surface area contributed by atoms with E-state index >= 15 is 0 Å². The lowest BCUT2D eigenvalue weighted by Crippen LogP contribution is -2.34. The van der Waals surface area contributed by atoms with Crippen molar-refractivity contribution in [3.05, 3.63) is 53.9 Å². The molecule has 1 amide bonds. The van der Waals surface area contributed by atoms with Crippen LogP contribution in [0.5, 0.6) is 0 Å². The lowest BCUT2D eigenvalue weighted by Gasteiger charge is -2.18. The highest BCUT2D eigenvalue weighted by atomic mass is 16.5. The Bertz CT molecular complexity index is 587. The van der Waals surface area contributed by atoms with Gasteiger partial charge in [-0.15, -0.1) is 0 Å². The molecule has 84 valence electrons. The minimum absolute atomic E-state index is 0.227. The quantitative estimate of drug-likeness (QED) is 0.707. The van der Waals surface area contributed by atoms with Crippen molar-refractivity contribution in [2.45, 2.75) is 0 Å². The van der Waals surface area contributed by atoms with Gasteiger partial charge in [-0.05, 0) is 24.3 Å². The summed E-state index contributed by atoms with van der Waals surface area (Å²) in [6.45, 7) is 0. The van der Waals surface area contributed by atoms with Gasteiger partial charge in [0.1, 0.15) is 0 Å². The SMILES string of the molecule is O=C1NC2=CC=CN(O)C2=Nc2ccccc21. The number of allylic oxidation sites excluding steroid dienone is 2. The predicted octanol–water partition coefficient (Wildman–Crippen LogP) is 1.56. The maximum atomic E-state index is 11.9. The highest BCUT2D eigenvalue weighted by molar-refractivity contribution is 6.11. The maximum absolute atomic E-state index is 11.9. The van der Waals surface area contributed by atoms with Gasteiger partial charge in [0.2, 0.25) is 0 Å². The number of hydrogen-bond donors (Lipinski definition) is 2. The minimum Gasteiger partial charge on any atom is -0.319 e. The van der Waals surface area contributed by atoms with Crippen molar-refractivity contribution in [1.82, 2.24) is 10.4 Å². The molecule has 2 N–H and O–H groups in total. The number of hydroxylamine groups is 2. The van der Waals surface area contributed by atoms with Gasteiger partial charge >= 0.3 is 0 Å². The van der Waals surface area contributed by atoms with Crippen LogP contribution in [0.3, 0.4) is 0 Å². The van der Waals surface area contributed by atoms with Crippen LogP contribution in [0.15, 0.2) is 53.3 Å². The van der Waals surface area contributed by atoms with E-state index in [0.717, 1.165) is 5.06 Å². The summed E-state index contributed by atoms with van der Waals surface area (Å²) >= 11 is 0. The number of hydrogen-bond acceptors (Lipinski definition) is 4. The molecular formula is C12H9N3O2. The Hall–Kier alpha value is -2.40. The summed E-state index contributed by atoms with van der Waals surface area (Å²) in [5, 5.41) is 13.3. The fraction of sp³-hybridized carbons (Fsp3) is 0. The number of aliphatic imine (C=N–C) groups is 1. The van der Waals surface area contributed by atoms with Crippen LogP contribution >= 0.6 is 0 Å². The topological polar surface area (TPSA) is 64.9 Å². The number of carbonyl (C=O) groups is 1. The first-order chi connectivity index (χ1) is 8.25. The maximum Gasteiger partial charge on any atom is 0.257 e. The van der Waals surface area contributed by atoms with Crippen LogP contribution in [0.1, 0.15) is 10.4 Å². The van der Waals surface area contributed by atoms with Gasteiger partial charge in [0.15, 0.2) is 5.84 Å². The molecule has 0 aliphatic carbocycles. The van der Waals surface area contributed by atoms with Gasteiger partial charge in [0.05, 0.1) is 16.9 Å². The van der Waals surface area contributed by atoms with Gasteiger partial charge < -0.3 is 5.32 Å². The standard InChI is InChI=1S/C12H9N3O2/c16-12-8-4-1-2-5-9(8)13-11-10(14-12)6-3-7-15(11)17/h1-7,17H,(H,14,16). The second kappa shape index (κ2) is 3.57. The van der Waals surface area contributed by atoms with E-state index in [9.17, 15) is 10.0 Å². The molecule has 0 atom stereocenters. The van der Waals surface area contributed by atoms with Crippen LogP contribution in [0.4, 0.5) is 5.69 Å². The van der Waals surface area contributed by atoms with Crippen LogP contribution in [-0.2, 0) is 0 Å². The minimum atomic E-state index is -0.227. The lowest BCUT2D eigenvalue weighted by atomic mass is 10.2. The number of para-hydroxylation sites is 1.